The van der Waals surface area contributed by atoms with Gasteiger partial charge in [0.2, 0.25) is 11.8 Å². The molecule has 0 saturated carbocycles. The van der Waals surface area contributed by atoms with Crippen molar-refractivity contribution in [3.8, 4) is 0 Å². The minimum Gasteiger partial charge on any atom is -0.326 e. The number of benzene rings is 2. The molecule has 0 unspecified atom stereocenters. The molecular weight excluding hydrogens is 402 g/mol. The predicted molar refractivity (Wildman–Crippen MR) is 94.9 cm³/mol. The summed E-state index contributed by atoms with van der Waals surface area (Å²) in [6.07, 6.45) is -7.52. The second kappa shape index (κ2) is 8.38. The zero-order chi connectivity index (χ0) is 21.8. The molecule has 0 aliphatic carbocycles. The number of nitrogens with one attached hydrogen (secondary N) is 2. The van der Waals surface area contributed by atoms with Gasteiger partial charge in [0.1, 0.15) is 0 Å². The van der Waals surface area contributed by atoms with Gasteiger partial charge in [-0.25, -0.2) is 0 Å². The van der Waals surface area contributed by atoms with Crippen LogP contribution < -0.4 is 10.6 Å². The molecule has 2 rings (SSSR count). The van der Waals surface area contributed by atoms with Crippen LogP contribution in [0.2, 0.25) is 0 Å². The number of carbonyl (C=O) groups excluding carboxylic acids is 2. The molecule has 0 aromatic heterocycles. The number of carbonyl (C=O) groups is 2. The first-order valence-electron chi connectivity index (χ1n) is 8.01. The van der Waals surface area contributed by atoms with Crippen molar-refractivity contribution >= 4 is 29.3 Å². The molecule has 2 amide bonds. The maximum absolute atomic E-state index is 13.2. The summed E-state index contributed by atoms with van der Waals surface area (Å²) in [6, 6.07) is 6.89. The second-order valence-corrected chi connectivity index (χ2v) is 5.89. The van der Waals surface area contributed by atoms with Gasteiger partial charge in [-0.05, 0) is 42.0 Å². The maximum Gasteiger partial charge on any atom is 0.418 e. The molecule has 154 valence electrons. The highest BCUT2D eigenvalue weighted by atomic mass is 19.4. The van der Waals surface area contributed by atoms with E-state index in [4.69, 9.17) is 0 Å². The first kappa shape index (κ1) is 22.0. The van der Waals surface area contributed by atoms with Crippen LogP contribution in [-0.4, -0.2) is 11.8 Å². The Morgan fingerprint density at radius 1 is 0.897 bits per heavy atom. The number of halogens is 6. The van der Waals surface area contributed by atoms with Crippen molar-refractivity contribution in [2.75, 3.05) is 10.6 Å². The first-order chi connectivity index (χ1) is 13.4. The molecular formula is C19H14F6N2O2. The number of hydrogen-bond acceptors (Lipinski definition) is 2. The van der Waals surface area contributed by atoms with Crippen molar-refractivity contribution in [3.05, 3.63) is 65.2 Å². The van der Waals surface area contributed by atoms with E-state index in [1.807, 2.05) is 5.32 Å². The van der Waals surface area contributed by atoms with Crippen LogP contribution in [0.3, 0.4) is 0 Å². The van der Waals surface area contributed by atoms with Gasteiger partial charge in [-0.2, -0.15) is 26.3 Å². The van der Waals surface area contributed by atoms with Crippen LogP contribution in [0.15, 0.2) is 48.5 Å². The molecule has 0 bridgehead atoms. The van der Waals surface area contributed by atoms with E-state index < -0.39 is 41.0 Å². The Kier molecular flexibility index (Phi) is 6.35. The van der Waals surface area contributed by atoms with E-state index in [-0.39, 0.29) is 11.3 Å². The monoisotopic (exact) mass is 416 g/mol. The van der Waals surface area contributed by atoms with Crippen LogP contribution in [0, 0.1) is 0 Å². The molecule has 0 aliphatic heterocycles. The van der Waals surface area contributed by atoms with Crippen LogP contribution in [0.1, 0.15) is 23.6 Å². The summed E-state index contributed by atoms with van der Waals surface area (Å²) >= 11 is 0. The summed E-state index contributed by atoms with van der Waals surface area (Å²) in [5.74, 6) is -1.54. The van der Waals surface area contributed by atoms with Crippen molar-refractivity contribution in [1.82, 2.24) is 0 Å². The minimum atomic E-state index is -4.82. The number of anilines is 2. The van der Waals surface area contributed by atoms with Gasteiger partial charge in [-0.15, -0.1) is 0 Å². The molecule has 2 aromatic carbocycles. The van der Waals surface area contributed by atoms with Crippen LogP contribution in [0.4, 0.5) is 37.7 Å². The topological polar surface area (TPSA) is 58.2 Å². The number of hydrogen-bond donors (Lipinski definition) is 2. The Bertz CT molecular complexity index is 948. The fraction of sp³-hybridized carbons (Fsp3) is 0.158. The molecule has 0 spiro atoms. The number of rotatable bonds is 4. The maximum atomic E-state index is 13.2. The van der Waals surface area contributed by atoms with E-state index in [0.717, 1.165) is 43.3 Å². The molecule has 10 heteroatoms. The third-order valence-electron chi connectivity index (χ3n) is 3.54. The molecule has 0 aliphatic rings. The lowest BCUT2D eigenvalue weighted by atomic mass is 10.1. The smallest absolute Gasteiger partial charge is 0.326 e. The molecule has 29 heavy (non-hydrogen) atoms. The fourth-order valence-electron chi connectivity index (χ4n) is 2.33. The quantitative estimate of drug-likeness (QED) is 0.523. The Labute approximate surface area is 161 Å². The minimum absolute atomic E-state index is 0.0482. The van der Waals surface area contributed by atoms with E-state index in [2.05, 4.69) is 5.32 Å². The van der Waals surface area contributed by atoms with Gasteiger partial charge < -0.3 is 10.6 Å². The summed E-state index contributed by atoms with van der Waals surface area (Å²) in [6.45, 7) is 1.13. The van der Waals surface area contributed by atoms with Crippen LogP contribution in [-0.2, 0) is 21.9 Å². The van der Waals surface area contributed by atoms with Crippen molar-refractivity contribution in [2.24, 2.45) is 0 Å². The van der Waals surface area contributed by atoms with Gasteiger partial charge >= 0.3 is 12.4 Å². The Balaban J connectivity index is 2.22. The zero-order valence-corrected chi connectivity index (χ0v) is 14.8. The van der Waals surface area contributed by atoms with Gasteiger partial charge in [0.05, 0.1) is 16.8 Å². The lowest BCUT2D eigenvalue weighted by Gasteiger charge is -2.15. The van der Waals surface area contributed by atoms with Gasteiger partial charge in [0.25, 0.3) is 0 Å². The standard InChI is InChI=1S/C19H14F6N2O2/c1-11(28)26-14-6-7-16(15(10-14)19(23,24)25)27-17(29)8-5-12-3-2-4-13(9-12)18(20,21)22/h2-10H,1H3,(H,26,28)(H,27,29)/b8-5+. The Morgan fingerprint density at radius 3 is 2.17 bits per heavy atom. The average Bonchev–Trinajstić information content (AvgIpc) is 2.59. The van der Waals surface area contributed by atoms with Crippen LogP contribution in [0.5, 0.6) is 0 Å². The van der Waals surface area contributed by atoms with E-state index in [0.29, 0.717) is 6.07 Å². The average molecular weight is 416 g/mol. The van der Waals surface area contributed by atoms with Crippen molar-refractivity contribution in [3.63, 3.8) is 0 Å². The fourth-order valence-corrected chi connectivity index (χ4v) is 2.33. The summed E-state index contributed by atoms with van der Waals surface area (Å²) < 4.78 is 77.8. The highest BCUT2D eigenvalue weighted by Crippen LogP contribution is 2.36. The highest BCUT2D eigenvalue weighted by molar-refractivity contribution is 6.02. The van der Waals surface area contributed by atoms with Gasteiger partial charge in [-0.1, -0.05) is 12.1 Å². The highest BCUT2D eigenvalue weighted by Gasteiger charge is 2.34. The molecule has 0 fully saturated rings. The lowest BCUT2D eigenvalue weighted by Crippen LogP contribution is -2.16. The molecule has 2 aromatic rings. The number of alkyl halides is 6. The summed E-state index contributed by atoms with van der Waals surface area (Å²) in [5, 5.41) is 4.24. The van der Waals surface area contributed by atoms with Gasteiger partial charge in [0, 0.05) is 18.7 Å². The summed E-state index contributed by atoms with van der Waals surface area (Å²) in [4.78, 5) is 23.0. The SMILES string of the molecule is CC(=O)Nc1ccc(NC(=O)/C=C/c2cccc(C(F)(F)F)c2)c(C(F)(F)F)c1. The zero-order valence-electron chi connectivity index (χ0n) is 14.8. The van der Waals surface area contributed by atoms with Crippen molar-refractivity contribution < 1.29 is 35.9 Å². The molecule has 0 atom stereocenters. The van der Waals surface area contributed by atoms with Gasteiger partial charge in [0.15, 0.2) is 0 Å². The normalized spacial score (nSPS) is 12.1. The van der Waals surface area contributed by atoms with E-state index in [1.165, 1.54) is 12.1 Å². The van der Waals surface area contributed by atoms with E-state index in [1.54, 1.807) is 0 Å². The van der Waals surface area contributed by atoms with Crippen molar-refractivity contribution in [1.29, 1.82) is 0 Å². The predicted octanol–water partition coefficient (Wildman–Crippen LogP) is 5.33. The van der Waals surface area contributed by atoms with Gasteiger partial charge in [-0.3, -0.25) is 9.59 Å². The molecule has 4 nitrogen and oxygen atoms in total. The van der Waals surface area contributed by atoms with E-state index >= 15 is 0 Å². The molecule has 2 N–H and O–H groups in total. The Morgan fingerprint density at radius 2 is 1.59 bits per heavy atom. The largest absolute Gasteiger partial charge is 0.418 e. The van der Waals surface area contributed by atoms with Crippen molar-refractivity contribution in [2.45, 2.75) is 19.3 Å². The van der Waals surface area contributed by atoms with Crippen LogP contribution >= 0.6 is 0 Å². The number of amides is 2. The molecule has 0 saturated heterocycles. The second-order valence-electron chi connectivity index (χ2n) is 5.89. The summed E-state index contributed by atoms with van der Waals surface area (Å²) in [7, 11) is 0. The lowest BCUT2D eigenvalue weighted by molar-refractivity contribution is -0.138. The van der Waals surface area contributed by atoms with Crippen LogP contribution in [0.25, 0.3) is 6.08 Å². The third-order valence-corrected chi connectivity index (χ3v) is 3.54. The molecule has 0 heterocycles. The van der Waals surface area contributed by atoms with E-state index in [9.17, 15) is 35.9 Å². The third kappa shape index (κ3) is 6.37. The molecule has 0 radical (unpaired) electrons. The first-order valence-corrected chi connectivity index (χ1v) is 8.01. The Hall–Kier alpha value is -3.30. The summed E-state index contributed by atoms with van der Waals surface area (Å²) in [5.41, 5.74) is -2.74.